The lowest BCUT2D eigenvalue weighted by atomic mass is 9.89. The minimum atomic E-state index is -0.259. The summed E-state index contributed by atoms with van der Waals surface area (Å²) in [5, 5.41) is 7.48. The van der Waals surface area contributed by atoms with Gasteiger partial charge in [-0.3, -0.25) is 9.48 Å². The number of hydrogen-bond acceptors (Lipinski definition) is 3. The zero-order valence-corrected chi connectivity index (χ0v) is 14.2. The van der Waals surface area contributed by atoms with Gasteiger partial charge in [-0.25, -0.2) is 4.39 Å². The molecule has 0 saturated carbocycles. The molecule has 0 spiro atoms. The summed E-state index contributed by atoms with van der Waals surface area (Å²) in [6, 6.07) is 8.26. The molecule has 3 heterocycles. The first-order chi connectivity index (χ1) is 11.1. The van der Waals surface area contributed by atoms with Crippen LogP contribution in [0.5, 0.6) is 0 Å². The average Bonchev–Trinajstić information content (AvgIpc) is 3.21. The second-order valence-corrected chi connectivity index (χ2v) is 6.38. The molecule has 4 rings (SSSR count). The molecule has 0 radical (unpaired) electrons. The average molecular weight is 351 g/mol. The number of nitrogens with zero attached hydrogens (tertiary/aromatic N) is 3. The molecule has 2 aliphatic rings. The zero-order valence-electron chi connectivity index (χ0n) is 13.4. The Morgan fingerprint density at radius 2 is 2.17 bits per heavy atom. The molecule has 2 fully saturated rings. The highest BCUT2D eigenvalue weighted by Crippen LogP contribution is 2.43. The molecule has 1 aromatic heterocycles. The van der Waals surface area contributed by atoms with Crippen LogP contribution in [0.4, 0.5) is 4.39 Å². The Kier molecular flexibility index (Phi) is 4.60. The van der Waals surface area contributed by atoms with Gasteiger partial charge in [-0.15, -0.1) is 12.4 Å². The van der Waals surface area contributed by atoms with Gasteiger partial charge in [-0.2, -0.15) is 5.10 Å². The van der Waals surface area contributed by atoms with E-state index in [1.807, 2.05) is 11.0 Å². The number of benzene rings is 1. The first-order valence-corrected chi connectivity index (χ1v) is 7.90. The highest BCUT2D eigenvalue weighted by molar-refractivity contribution is 5.93. The second-order valence-electron chi connectivity index (χ2n) is 6.38. The van der Waals surface area contributed by atoms with Gasteiger partial charge in [-0.1, -0.05) is 12.1 Å². The van der Waals surface area contributed by atoms with Gasteiger partial charge in [0.15, 0.2) is 0 Å². The predicted molar refractivity (Wildman–Crippen MR) is 90.5 cm³/mol. The van der Waals surface area contributed by atoms with E-state index in [0.29, 0.717) is 24.1 Å². The summed E-state index contributed by atoms with van der Waals surface area (Å²) in [7, 11) is 1.77. The number of carbonyl (C=O) groups excluding carboxylic acids is 1. The molecular formula is C17H20ClFN4O. The standard InChI is InChI=1S/C17H19FN4O.ClH/c1-21-15(5-6-20-21)17(23)22-10-12-8-19-9-14(12)16(22)11-3-2-4-13(18)7-11;/h2-7,12,14,16,19H,8-10H2,1H3;1H/t12-,14-,16+;/m0./s1. The van der Waals surface area contributed by atoms with E-state index in [2.05, 4.69) is 10.4 Å². The van der Waals surface area contributed by atoms with Crippen molar-refractivity contribution in [1.82, 2.24) is 20.0 Å². The third-order valence-electron chi connectivity index (χ3n) is 5.06. The molecule has 7 heteroatoms. The molecule has 1 aromatic carbocycles. The van der Waals surface area contributed by atoms with Crippen molar-refractivity contribution < 1.29 is 9.18 Å². The summed E-state index contributed by atoms with van der Waals surface area (Å²) in [5.74, 6) is 0.452. The van der Waals surface area contributed by atoms with Crippen molar-refractivity contribution in [2.45, 2.75) is 6.04 Å². The Labute approximate surface area is 146 Å². The van der Waals surface area contributed by atoms with Gasteiger partial charge in [0.1, 0.15) is 11.5 Å². The van der Waals surface area contributed by atoms with E-state index in [1.165, 1.54) is 6.07 Å². The Bertz CT molecular complexity index is 750. The summed E-state index contributed by atoms with van der Waals surface area (Å²) < 4.78 is 15.3. The van der Waals surface area contributed by atoms with Crippen molar-refractivity contribution in [2.24, 2.45) is 18.9 Å². The lowest BCUT2D eigenvalue weighted by Crippen LogP contribution is -2.35. The zero-order chi connectivity index (χ0) is 16.0. The van der Waals surface area contributed by atoms with E-state index < -0.39 is 0 Å². The molecule has 5 nitrogen and oxygen atoms in total. The van der Waals surface area contributed by atoms with Crippen molar-refractivity contribution in [2.75, 3.05) is 19.6 Å². The molecule has 3 atom stereocenters. The number of aromatic nitrogens is 2. The lowest BCUT2D eigenvalue weighted by Gasteiger charge is -2.28. The Morgan fingerprint density at radius 1 is 1.33 bits per heavy atom. The van der Waals surface area contributed by atoms with Crippen LogP contribution in [-0.4, -0.2) is 40.2 Å². The van der Waals surface area contributed by atoms with Crippen LogP contribution in [0.15, 0.2) is 36.5 Å². The van der Waals surface area contributed by atoms with Gasteiger partial charge in [0.05, 0.1) is 6.04 Å². The van der Waals surface area contributed by atoms with Crippen LogP contribution >= 0.6 is 12.4 Å². The topological polar surface area (TPSA) is 50.2 Å². The lowest BCUT2D eigenvalue weighted by molar-refractivity contribution is 0.0702. The third kappa shape index (κ3) is 2.70. The van der Waals surface area contributed by atoms with Gasteiger partial charge < -0.3 is 10.2 Å². The van der Waals surface area contributed by atoms with E-state index in [9.17, 15) is 9.18 Å². The molecule has 1 amide bonds. The number of amides is 1. The molecule has 0 unspecified atom stereocenters. The monoisotopic (exact) mass is 350 g/mol. The number of rotatable bonds is 2. The molecule has 1 N–H and O–H groups in total. The highest BCUT2D eigenvalue weighted by atomic mass is 35.5. The first-order valence-electron chi connectivity index (χ1n) is 7.90. The fourth-order valence-electron chi connectivity index (χ4n) is 3.98. The normalized spacial score (nSPS) is 25.4. The largest absolute Gasteiger partial charge is 0.330 e. The Morgan fingerprint density at radius 3 is 2.88 bits per heavy atom. The van der Waals surface area contributed by atoms with Crippen LogP contribution < -0.4 is 5.32 Å². The summed E-state index contributed by atoms with van der Waals surface area (Å²) in [6.07, 6.45) is 1.63. The fraction of sp³-hybridized carbons (Fsp3) is 0.412. The van der Waals surface area contributed by atoms with E-state index in [0.717, 1.165) is 18.7 Å². The van der Waals surface area contributed by atoms with Gasteiger partial charge in [-0.05, 0) is 29.7 Å². The minimum Gasteiger partial charge on any atom is -0.330 e. The molecule has 2 aliphatic heterocycles. The molecule has 2 saturated heterocycles. The molecule has 0 bridgehead atoms. The van der Waals surface area contributed by atoms with Crippen molar-refractivity contribution >= 4 is 18.3 Å². The van der Waals surface area contributed by atoms with Crippen molar-refractivity contribution in [3.63, 3.8) is 0 Å². The summed E-state index contributed by atoms with van der Waals surface area (Å²) in [6.45, 7) is 2.47. The molecule has 2 aromatic rings. The van der Waals surface area contributed by atoms with E-state index in [4.69, 9.17) is 0 Å². The molecule has 0 aliphatic carbocycles. The predicted octanol–water partition coefficient (Wildman–Crippen LogP) is 2.01. The smallest absolute Gasteiger partial charge is 0.272 e. The number of likely N-dealkylation sites (tertiary alicyclic amines) is 1. The van der Waals surface area contributed by atoms with Crippen molar-refractivity contribution in [1.29, 1.82) is 0 Å². The van der Waals surface area contributed by atoms with Gasteiger partial charge in [0.2, 0.25) is 0 Å². The van der Waals surface area contributed by atoms with Gasteiger partial charge in [0.25, 0.3) is 5.91 Å². The van der Waals surface area contributed by atoms with Crippen molar-refractivity contribution in [3.05, 3.63) is 53.6 Å². The van der Waals surface area contributed by atoms with E-state index in [1.54, 1.807) is 36.1 Å². The summed E-state index contributed by atoms with van der Waals surface area (Å²) in [4.78, 5) is 14.9. The molecule has 24 heavy (non-hydrogen) atoms. The summed E-state index contributed by atoms with van der Waals surface area (Å²) >= 11 is 0. The minimum absolute atomic E-state index is 0. The van der Waals surface area contributed by atoms with Crippen LogP contribution in [0.3, 0.4) is 0 Å². The first kappa shape index (κ1) is 16.9. The van der Waals surface area contributed by atoms with Crippen LogP contribution in [-0.2, 0) is 7.05 Å². The maximum atomic E-state index is 13.7. The fourth-order valence-corrected chi connectivity index (χ4v) is 3.98. The quantitative estimate of drug-likeness (QED) is 0.901. The maximum Gasteiger partial charge on any atom is 0.272 e. The number of halogens is 2. The van der Waals surface area contributed by atoms with Gasteiger partial charge in [0, 0.05) is 38.8 Å². The number of nitrogens with one attached hydrogen (secondary N) is 1. The third-order valence-corrected chi connectivity index (χ3v) is 5.06. The van der Waals surface area contributed by atoms with E-state index >= 15 is 0 Å². The maximum absolute atomic E-state index is 13.7. The molecular weight excluding hydrogens is 331 g/mol. The summed E-state index contributed by atoms with van der Waals surface area (Å²) in [5.41, 5.74) is 1.44. The van der Waals surface area contributed by atoms with E-state index in [-0.39, 0.29) is 30.2 Å². The number of carbonyl (C=O) groups is 1. The van der Waals surface area contributed by atoms with Gasteiger partial charge >= 0.3 is 0 Å². The van der Waals surface area contributed by atoms with Crippen LogP contribution in [0, 0.1) is 17.7 Å². The van der Waals surface area contributed by atoms with Crippen LogP contribution in [0.25, 0.3) is 0 Å². The Hall–Kier alpha value is -1.92. The second kappa shape index (κ2) is 6.53. The van der Waals surface area contributed by atoms with Crippen LogP contribution in [0.2, 0.25) is 0 Å². The highest BCUT2D eigenvalue weighted by Gasteiger charge is 2.47. The van der Waals surface area contributed by atoms with Crippen LogP contribution in [0.1, 0.15) is 22.1 Å². The Balaban J connectivity index is 0.00000169. The number of hydrogen-bond donors (Lipinski definition) is 1. The SMILES string of the molecule is Cl.Cn1nccc1C(=O)N1C[C@@H]2CNC[C@@H]2[C@H]1c1cccc(F)c1. The van der Waals surface area contributed by atoms with Crippen molar-refractivity contribution in [3.8, 4) is 0 Å². The number of aryl methyl sites for hydroxylation is 1. The number of fused-ring (bicyclic) bond motifs is 1. The molecule has 128 valence electrons.